The first kappa shape index (κ1) is 19.2. The Labute approximate surface area is 162 Å². The second-order valence-corrected chi connectivity index (χ2v) is 7.61. The molecule has 2 N–H and O–H groups in total. The van der Waals surface area contributed by atoms with Gasteiger partial charge < -0.3 is 10.4 Å². The Morgan fingerprint density at radius 2 is 1.96 bits per heavy atom. The van der Waals surface area contributed by atoms with Gasteiger partial charge in [0.05, 0.1) is 22.9 Å². The maximum absolute atomic E-state index is 12.0. The second kappa shape index (κ2) is 8.43. The van der Waals surface area contributed by atoms with Crippen LogP contribution >= 0.6 is 11.8 Å². The molecule has 0 radical (unpaired) electrons. The van der Waals surface area contributed by atoms with Crippen LogP contribution in [0.5, 0.6) is 0 Å². The van der Waals surface area contributed by atoms with Crippen LogP contribution < -0.4 is 5.32 Å². The van der Waals surface area contributed by atoms with Crippen molar-refractivity contribution in [1.82, 2.24) is 15.1 Å². The first-order valence-electron chi connectivity index (χ1n) is 8.84. The number of allylic oxidation sites excluding steroid dienone is 1. The van der Waals surface area contributed by atoms with Crippen LogP contribution in [-0.4, -0.2) is 44.3 Å². The average Bonchev–Trinajstić information content (AvgIpc) is 3.19. The van der Waals surface area contributed by atoms with Gasteiger partial charge in [0, 0.05) is 23.2 Å². The van der Waals surface area contributed by atoms with Gasteiger partial charge >= 0.3 is 5.97 Å². The number of hydrogen-bond donors (Lipinski definition) is 2. The molecule has 2 aromatic rings. The quantitative estimate of drug-likeness (QED) is 0.716. The minimum atomic E-state index is -0.907. The molecule has 3 rings (SSSR count). The molecule has 7 heteroatoms. The van der Waals surface area contributed by atoms with Crippen LogP contribution in [0.25, 0.3) is 5.69 Å². The van der Waals surface area contributed by atoms with Gasteiger partial charge in [0.15, 0.2) is 0 Å². The summed E-state index contributed by atoms with van der Waals surface area (Å²) in [5.74, 6) is -0.738. The Bertz CT molecular complexity index is 861. The summed E-state index contributed by atoms with van der Waals surface area (Å²) in [5, 5.41) is 16.3. The number of rotatable bonds is 7. The molecule has 1 amide bonds. The molecule has 27 heavy (non-hydrogen) atoms. The van der Waals surface area contributed by atoms with E-state index in [1.807, 2.05) is 48.0 Å². The highest BCUT2D eigenvalue weighted by Crippen LogP contribution is 2.33. The lowest BCUT2D eigenvalue weighted by atomic mass is 9.96. The van der Waals surface area contributed by atoms with Crippen molar-refractivity contribution in [2.24, 2.45) is 0 Å². The predicted molar refractivity (Wildman–Crippen MR) is 106 cm³/mol. The fraction of sp³-hybridized carbons (Fsp3) is 0.350. The zero-order valence-corrected chi connectivity index (χ0v) is 16.2. The van der Waals surface area contributed by atoms with Crippen LogP contribution in [0.15, 0.2) is 42.5 Å². The first-order valence-corrected chi connectivity index (χ1v) is 10.00. The number of benzene rings is 1. The number of hydrogen-bond acceptors (Lipinski definition) is 4. The maximum Gasteiger partial charge on any atom is 0.313 e. The van der Waals surface area contributed by atoms with E-state index in [0.29, 0.717) is 0 Å². The number of aryl methyl sites for hydroxylation is 1. The van der Waals surface area contributed by atoms with Crippen molar-refractivity contribution in [3.63, 3.8) is 0 Å². The molecule has 1 aliphatic rings. The number of para-hydroxylation sites is 1. The second-order valence-electron chi connectivity index (χ2n) is 6.62. The largest absolute Gasteiger partial charge is 0.481 e. The van der Waals surface area contributed by atoms with Gasteiger partial charge in [-0.2, -0.15) is 5.10 Å². The van der Waals surface area contributed by atoms with E-state index in [1.165, 1.54) is 5.56 Å². The number of carboxylic acid groups (broad SMARTS) is 1. The molecule has 0 spiro atoms. The van der Waals surface area contributed by atoms with Gasteiger partial charge in [-0.05, 0) is 32.4 Å². The molecular formula is C20H23N3O3S. The highest BCUT2D eigenvalue weighted by atomic mass is 32.2. The van der Waals surface area contributed by atoms with E-state index in [9.17, 15) is 9.59 Å². The van der Waals surface area contributed by atoms with Crippen LogP contribution in [-0.2, 0) is 9.59 Å². The molecule has 1 heterocycles. The molecule has 1 aromatic carbocycles. The molecule has 2 atom stereocenters. The Morgan fingerprint density at radius 1 is 1.22 bits per heavy atom. The van der Waals surface area contributed by atoms with Crippen molar-refractivity contribution in [1.29, 1.82) is 0 Å². The first-order chi connectivity index (χ1) is 13.0. The lowest BCUT2D eigenvalue weighted by Crippen LogP contribution is -2.34. The predicted octanol–water partition coefficient (Wildman–Crippen LogP) is 2.84. The number of amides is 1. The van der Waals surface area contributed by atoms with Gasteiger partial charge in [-0.1, -0.05) is 30.4 Å². The Hall–Kier alpha value is -2.54. The third-order valence-corrected chi connectivity index (χ3v) is 5.52. The average molecular weight is 385 g/mol. The zero-order valence-electron chi connectivity index (χ0n) is 15.4. The van der Waals surface area contributed by atoms with E-state index >= 15 is 0 Å². The van der Waals surface area contributed by atoms with Crippen molar-refractivity contribution in [2.75, 3.05) is 11.5 Å². The summed E-state index contributed by atoms with van der Waals surface area (Å²) in [6.07, 6.45) is 4.93. The summed E-state index contributed by atoms with van der Waals surface area (Å²) in [6, 6.07) is 10.0. The SMILES string of the molecule is Cc1nn(-c2ccccc2)c(C)c1C1C=CC(NC(=O)CSCC(=O)O)C1. The fourth-order valence-electron chi connectivity index (χ4n) is 3.51. The Kier molecular flexibility index (Phi) is 6.01. The van der Waals surface area contributed by atoms with Crippen molar-refractivity contribution in [3.8, 4) is 5.69 Å². The number of aliphatic carboxylic acids is 1. The normalized spacial score (nSPS) is 18.6. The molecule has 0 fully saturated rings. The number of nitrogens with one attached hydrogen (secondary N) is 1. The van der Waals surface area contributed by atoms with Crippen molar-refractivity contribution >= 4 is 23.6 Å². The van der Waals surface area contributed by atoms with Crippen molar-refractivity contribution in [3.05, 3.63) is 59.4 Å². The number of carboxylic acids is 1. The summed E-state index contributed by atoms with van der Waals surface area (Å²) < 4.78 is 1.97. The third kappa shape index (κ3) is 4.60. The lowest BCUT2D eigenvalue weighted by molar-refractivity contribution is -0.133. The monoisotopic (exact) mass is 385 g/mol. The summed E-state index contributed by atoms with van der Waals surface area (Å²) in [6.45, 7) is 4.09. The standard InChI is InChI=1S/C20H23N3O3S/c1-13-20(14(2)23(22-13)17-6-4-3-5-7-17)15-8-9-16(10-15)21-18(24)11-27-12-19(25)26/h3-9,15-16H,10-12H2,1-2H3,(H,21,24)(H,25,26). The van der Waals surface area contributed by atoms with Gasteiger partial charge in [0.2, 0.25) is 5.91 Å². The highest BCUT2D eigenvalue weighted by Gasteiger charge is 2.26. The minimum Gasteiger partial charge on any atom is -0.481 e. The van der Waals surface area contributed by atoms with Crippen LogP contribution in [0.3, 0.4) is 0 Å². The Morgan fingerprint density at radius 3 is 2.67 bits per heavy atom. The maximum atomic E-state index is 12.0. The van der Waals surface area contributed by atoms with Gasteiger partial charge in [-0.15, -0.1) is 11.8 Å². The van der Waals surface area contributed by atoms with E-state index < -0.39 is 5.97 Å². The molecule has 1 aliphatic carbocycles. The molecule has 1 aromatic heterocycles. The molecule has 0 saturated heterocycles. The molecule has 6 nitrogen and oxygen atoms in total. The van der Waals surface area contributed by atoms with Gasteiger partial charge in [-0.25, -0.2) is 4.68 Å². The summed E-state index contributed by atoms with van der Waals surface area (Å²) in [4.78, 5) is 22.5. The number of nitrogens with zero attached hydrogens (tertiary/aromatic N) is 2. The van der Waals surface area contributed by atoms with Gasteiger partial charge in [0.25, 0.3) is 0 Å². The molecule has 0 aliphatic heterocycles. The van der Waals surface area contributed by atoms with Crippen LogP contribution in [0.2, 0.25) is 0 Å². The third-order valence-electron chi connectivity index (χ3n) is 4.61. The van der Waals surface area contributed by atoms with Crippen LogP contribution in [0.4, 0.5) is 0 Å². The smallest absolute Gasteiger partial charge is 0.313 e. The highest BCUT2D eigenvalue weighted by molar-refractivity contribution is 8.00. The Balaban J connectivity index is 1.64. The zero-order chi connectivity index (χ0) is 19.4. The summed E-state index contributed by atoms with van der Waals surface area (Å²) in [5.41, 5.74) is 4.34. The summed E-state index contributed by atoms with van der Waals surface area (Å²) in [7, 11) is 0. The molecule has 2 unspecified atom stereocenters. The number of thioether (sulfide) groups is 1. The van der Waals surface area contributed by atoms with E-state index in [2.05, 4.69) is 18.3 Å². The molecule has 142 valence electrons. The van der Waals surface area contributed by atoms with Crippen LogP contribution in [0.1, 0.15) is 29.3 Å². The van der Waals surface area contributed by atoms with Crippen molar-refractivity contribution < 1.29 is 14.7 Å². The van der Waals surface area contributed by atoms with E-state index in [0.717, 1.165) is 35.3 Å². The topological polar surface area (TPSA) is 84.2 Å². The number of carbonyl (C=O) groups is 2. The minimum absolute atomic E-state index is 0.0354. The van der Waals surface area contributed by atoms with E-state index in [-0.39, 0.29) is 29.4 Å². The lowest BCUT2D eigenvalue weighted by Gasteiger charge is -2.14. The fourth-order valence-corrected chi connectivity index (χ4v) is 4.06. The summed E-state index contributed by atoms with van der Waals surface area (Å²) >= 11 is 1.11. The number of carbonyl (C=O) groups excluding carboxylic acids is 1. The molecular weight excluding hydrogens is 362 g/mol. The molecule has 0 bridgehead atoms. The van der Waals surface area contributed by atoms with Gasteiger partial charge in [0.1, 0.15) is 0 Å². The van der Waals surface area contributed by atoms with E-state index in [1.54, 1.807) is 0 Å². The molecule has 0 saturated carbocycles. The van der Waals surface area contributed by atoms with Gasteiger partial charge in [-0.3, -0.25) is 9.59 Å². The van der Waals surface area contributed by atoms with Crippen LogP contribution in [0, 0.1) is 13.8 Å². The van der Waals surface area contributed by atoms with E-state index in [4.69, 9.17) is 10.2 Å². The number of aromatic nitrogens is 2. The van der Waals surface area contributed by atoms with Crippen molar-refractivity contribution in [2.45, 2.75) is 32.2 Å².